The van der Waals surface area contributed by atoms with Gasteiger partial charge in [-0.3, -0.25) is 24.0 Å². The molecule has 1 aliphatic heterocycles. The van der Waals surface area contributed by atoms with Gasteiger partial charge in [-0.25, -0.2) is 4.79 Å². The SMILES string of the molecule is CC(C)[C@H](NC(=O)N[C@H](C(=O)N1C[C@H]2C([C@H]1C(=O)NC(CC1CC1)C(=O)C(N)=O)C2(C)C)C(C)(C)C)C(=O)c1cccs1. The molecule has 6 atom stereocenters. The molecule has 3 aliphatic rings. The summed E-state index contributed by atoms with van der Waals surface area (Å²) in [6.45, 7) is 13.5. The summed E-state index contributed by atoms with van der Waals surface area (Å²) >= 11 is 1.30. The molecule has 0 aromatic carbocycles. The molecule has 0 bridgehead atoms. The van der Waals surface area contributed by atoms with Crippen molar-refractivity contribution in [1.82, 2.24) is 20.9 Å². The third kappa shape index (κ3) is 6.94. The standard InChI is InChI=1S/C31H45N5O6S/c1-15(2)21(24(38)19-9-8-12-43-19)34-29(42)35-25(30(3,4)5)28(41)36-14-17-20(31(17,6)7)22(36)27(40)33-18(13-16-10-11-16)23(37)26(32)39/h8-9,12,15-18,20-22,25H,10-11,13-14H2,1-7H3,(H2,32,39)(H,33,40)(H2,34,35,42)/t17-,18?,20?,21-,22-,25+/m0/s1. The van der Waals surface area contributed by atoms with Crippen LogP contribution in [0.15, 0.2) is 17.5 Å². The van der Waals surface area contributed by atoms with Gasteiger partial charge < -0.3 is 26.6 Å². The minimum atomic E-state index is -1.10. The Morgan fingerprint density at radius 1 is 1.07 bits per heavy atom. The molecule has 236 valence electrons. The number of ketones is 2. The van der Waals surface area contributed by atoms with Crippen molar-refractivity contribution in [3.63, 3.8) is 0 Å². The van der Waals surface area contributed by atoms with Crippen molar-refractivity contribution < 1.29 is 28.8 Å². The number of fused-ring (bicyclic) bond motifs is 1. The quantitative estimate of drug-likeness (QED) is 0.208. The summed E-state index contributed by atoms with van der Waals surface area (Å²) in [5, 5.41) is 10.1. The molecular weight excluding hydrogens is 570 g/mol. The van der Waals surface area contributed by atoms with E-state index in [-0.39, 0.29) is 34.9 Å². The molecule has 2 aliphatic carbocycles. The molecule has 0 radical (unpaired) electrons. The second-order valence-corrected chi connectivity index (χ2v) is 15.3. The molecule has 5 amide bonds. The number of amides is 5. The largest absolute Gasteiger partial charge is 0.363 e. The highest BCUT2D eigenvalue weighted by Gasteiger charge is 2.70. The van der Waals surface area contributed by atoms with Gasteiger partial charge in [0.05, 0.1) is 17.0 Å². The van der Waals surface area contributed by atoms with Crippen molar-refractivity contribution in [2.45, 2.75) is 91.9 Å². The van der Waals surface area contributed by atoms with Crippen molar-refractivity contribution in [2.75, 3.05) is 6.54 Å². The number of hydrogen-bond acceptors (Lipinski definition) is 7. The lowest BCUT2D eigenvalue weighted by molar-refractivity contribution is -0.145. The molecular formula is C31H45N5O6S. The minimum absolute atomic E-state index is 0.0732. The summed E-state index contributed by atoms with van der Waals surface area (Å²) in [7, 11) is 0. The Morgan fingerprint density at radius 2 is 1.72 bits per heavy atom. The predicted octanol–water partition coefficient (Wildman–Crippen LogP) is 2.49. The van der Waals surface area contributed by atoms with Gasteiger partial charge in [-0.1, -0.05) is 67.4 Å². The summed E-state index contributed by atoms with van der Waals surface area (Å²) in [6, 6.07) is -0.877. The van der Waals surface area contributed by atoms with Gasteiger partial charge in [0.25, 0.3) is 5.91 Å². The Morgan fingerprint density at radius 3 is 2.23 bits per heavy atom. The fourth-order valence-electron chi connectivity index (χ4n) is 6.40. The van der Waals surface area contributed by atoms with Gasteiger partial charge in [0.2, 0.25) is 17.6 Å². The van der Waals surface area contributed by atoms with Crippen molar-refractivity contribution in [3.05, 3.63) is 22.4 Å². The normalized spacial score (nSPS) is 24.4. The molecule has 11 nitrogen and oxygen atoms in total. The number of nitrogens with two attached hydrogens (primary N) is 1. The van der Waals surface area contributed by atoms with E-state index in [1.54, 1.807) is 17.5 Å². The second-order valence-electron chi connectivity index (χ2n) is 14.3. The van der Waals surface area contributed by atoms with Crippen molar-refractivity contribution in [3.8, 4) is 0 Å². The van der Waals surface area contributed by atoms with Gasteiger partial charge in [0, 0.05) is 6.54 Å². The van der Waals surface area contributed by atoms with Crippen LogP contribution in [0.25, 0.3) is 0 Å². The molecule has 5 N–H and O–H groups in total. The Bertz CT molecular complexity index is 1280. The van der Waals surface area contributed by atoms with Crippen molar-refractivity contribution >= 4 is 46.7 Å². The topological polar surface area (TPSA) is 168 Å². The first-order valence-corrected chi connectivity index (χ1v) is 15.9. The van der Waals surface area contributed by atoms with Crippen LogP contribution < -0.4 is 21.7 Å². The van der Waals surface area contributed by atoms with Gasteiger partial charge in [0.1, 0.15) is 12.1 Å². The minimum Gasteiger partial charge on any atom is -0.363 e. The number of urea groups is 1. The molecule has 2 heterocycles. The molecule has 1 aromatic heterocycles. The smallest absolute Gasteiger partial charge is 0.316 e. The van der Waals surface area contributed by atoms with E-state index in [0.29, 0.717) is 17.8 Å². The van der Waals surface area contributed by atoms with E-state index in [2.05, 4.69) is 16.0 Å². The zero-order valence-electron chi connectivity index (χ0n) is 26.1. The lowest BCUT2D eigenvalue weighted by Gasteiger charge is -2.38. The number of nitrogens with one attached hydrogen (secondary N) is 3. The Kier molecular flexibility index (Phi) is 9.12. The lowest BCUT2D eigenvalue weighted by atomic mass is 9.85. The van der Waals surface area contributed by atoms with Crippen molar-refractivity contribution in [2.24, 2.45) is 40.2 Å². The fraction of sp³-hybridized carbons (Fsp3) is 0.677. The summed E-state index contributed by atoms with van der Waals surface area (Å²) in [5.41, 5.74) is 4.35. The van der Waals surface area contributed by atoms with Crippen molar-refractivity contribution in [1.29, 1.82) is 0 Å². The van der Waals surface area contributed by atoms with Gasteiger partial charge in [-0.15, -0.1) is 11.3 Å². The number of nitrogens with zero attached hydrogens (tertiary/aromatic N) is 1. The van der Waals surface area contributed by atoms with Crippen LogP contribution in [0, 0.1) is 34.5 Å². The third-order valence-electron chi connectivity index (χ3n) is 9.29. The summed E-state index contributed by atoms with van der Waals surface area (Å²) in [4.78, 5) is 80.6. The van der Waals surface area contributed by atoms with Gasteiger partial charge >= 0.3 is 6.03 Å². The molecule has 2 saturated carbocycles. The average molecular weight is 616 g/mol. The second kappa shape index (κ2) is 12.0. The molecule has 3 fully saturated rings. The van der Waals surface area contributed by atoms with E-state index in [0.717, 1.165) is 12.8 Å². The first-order valence-electron chi connectivity index (χ1n) is 15.0. The number of rotatable bonds is 12. The average Bonchev–Trinajstić information content (AvgIpc) is 3.60. The van der Waals surface area contributed by atoms with Crippen LogP contribution in [-0.4, -0.2) is 70.9 Å². The van der Waals surface area contributed by atoms with E-state index in [9.17, 15) is 28.8 Å². The molecule has 1 saturated heterocycles. The van der Waals surface area contributed by atoms with Crippen LogP contribution in [0.5, 0.6) is 0 Å². The van der Waals surface area contributed by atoms with Gasteiger partial charge in [-0.05, 0) is 52.4 Å². The first kappa shape index (κ1) is 32.6. The first-order chi connectivity index (χ1) is 19.9. The van der Waals surface area contributed by atoms with E-state index in [4.69, 9.17) is 5.73 Å². The number of carbonyl (C=O) groups is 6. The van der Waals surface area contributed by atoms with E-state index < -0.39 is 59.1 Å². The molecule has 0 spiro atoms. The lowest BCUT2D eigenvalue weighted by Crippen LogP contribution is -2.62. The van der Waals surface area contributed by atoms with Gasteiger partial charge in [0.15, 0.2) is 5.78 Å². The highest BCUT2D eigenvalue weighted by molar-refractivity contribution is 7.12. The van der Waals surface area contributed by atoms with E-state index in [1.807, 2.05) is 48.5 Å². The maximum Gasteiger partial charge on any atom is 0.316 e. The van der Waals surface area contributed by atoms with Crippen LogP contribution >= 0.6 is 11.3 Å². The number of piperidine rings is 1. The third-order valence-corrected chi connectivity index (χ3v) is 10.2. The van der Waals surface area contributed by atoms with Crippen LogP contribution in [0.2, 0.25) is 0 Å². The maximum atomic E-state index is 14.2. The number of hydrogen-bond donors (Lipinski definition) is 4. The number of carbonyl (C=O) groups excluding carboxylic acids is 6. The number of likely N-dealkylation sites (tertiary alicyclic amines) is 1. The molecule has 1 aromatic rings. The van der Waals surface area contributed by atoms with Crippen LogP contribution in [0.1, 0.15) is 77.4 Å². The summed E-state index contributed by atoms with van der Waals surface area (Å²) in [5.74, 6) is -3.08. The predicted molar refractivity (Wildman–Crippen MR) is 162 cm³/mol. The van der Waals surface area contributed by atoms with Gasteiger partial charge in [-0.2, -0.15) is 0 Å². The zero-order chi connectivity index (χ0) is 32.0. The number of Topliss-reactive ketones (excluding diaryl/α,β-unsaturated/α-hetero) is 2. The Balaban J connectivity index is 1.53. The summed E-state index contributed by atoms with van der Waals surface area (Å²) < 4.78 is 0. The van der Waals surface area contributed by atoms with E-state index in [1.165, 1.54) is 16.2 Å². The van der Waals surface area contributed by atoms with Crippen LogP contribution in [-0.2, 0) is 19.2 Å². The summed E-state index contributed by atoms with van der Waals surface area (Å²) in [6.07, 6.45) is 2.17. The number of primary amides is 1. The number of thiophene rings is 1. The molecule has 2 unspecified atom stereocenters. The zero-order valence-corrected chi connectivity index (χ0v) is 26.9. The fourth-order valence-corrected chi connectivity index (χ4v) is 7.10. The van der Waals surface area contributed by atoms with Crippen LogP contribution in [0.4, 0.5) is 4.79 Å². The molecule has 4 rings (SSSR count). The highest BCUT2D eigenvalue weighted by Crippen LogP contribution is 2.65. The maximum absolute atomic E-state index is 14.2. The molecule has 43 heavy (non-hydrogen) atoms. The Labute approximate surface area is 257 Å². The highest BCUT2D eigenvalue weighted by atomic mass is 32.1. The Hall–Kier alpha value is -3.28. The monoisotopic (exact) mass is 615 g/mol. The van der Waals surface area contributed by atoms with Crippen LogP contribution in [0.3, 0.4) is 0 Å². The molecule has 12 heteroatoms. The van der Waals surface area contributed by atoms with E-state index >= 15 is 0 Å².